The fourth-order valence-corrected chi connectivity index (χ4v) is 3.87. The Morgan fingerprint density at radius 2 is 2.18 bits per heavy atom. The summed E-state index contributed by atoms with van der Waals surface area (Å²) in [6.45, 7) is 4.66. The van der Waals surface area contributed by atoms with E-state index in [-0.39, 0.29) is 23.7 Å². The van der Waals surface area contributed by atoms with E-state index in [0.29, 0.717) is 13.2 Å². The van der Waals surface area contributed by atoms with Gasteiger partial charge >= 0.3 is 0 Å². The summed E-state index contributed by atoms with van der Waals surface area (Å²) in [5.41, 5.74) is 0.777. The fourth-order valence-electron chi connectivity index (χ4n) is 3.87. The van der Waals surface area contributed by atoms with Crippen LogP contribution in [0.5, 0.6) is 0 Å². The van der Waals surface area contributed by atoms with Crippen molar-refractivity contribution in [2.24, 2.45) is 0 Å². The molecule has 22 heavy (non-hydrogen) atoms. The first-order valence-corrected chi connectivity index (χ1v) is 7.67. The molecule has 4 nitrogen and oxygen atoms in total. The molecule has 0 radical (unpaired) electrons. The Morgan fingerprint density at radius 1 is 1.36 bits per heavy atom. The monoisotopic (exact) mass is 297 g/mol. The second-order valence-electron chi connectivity index (χ2n) is 6.09. The van der Waals surface area contributed by atoms with Gasteiger partial charge in [0.1, 0.15) is 11.6 Å². The van der Waals surface area contributed by atoms with E-state index in [4.69, 9.17) is 9.47 Å². The minimum atomic E-state index is -0.422. The van der Waals surface area contributed by atoms with Gasteiger partial charge in [0, 0.05) is 13.0 Å². The Balaban J connectivity index is 1.62. The lowest BCUT2D eigenvalue weighted by Gasteiger charge is -2.57. The Labute approximate surface area is 130 Å². The maximum absolute atomic E-state index is 12.6. The Morgan fingerprint density at radius 3 is 2.82 bits per heavy atom. The molecule has 2 saturated heterocycles. The van der Waals surface area contributed by atoms with Crippen LogP contribution in [0.25, 0.3) is 0 Å². The number of benzene rings is 1. The lowest BCUT2D eigenvalue weighted by molar-refractivity contribution is -0.200. The van der Waals surface area contributed by atoms with Crippen LogP contribution >= 0.6 is 0 Å². The molecule has 1 aromatic carbocycles. The van der Waals surface area contributed by atoms with Gasteiger partial charge < -0.3 is 14.4 Å². The largest absolute Gasteiger partial charge is 0.364 e. The van der Waals surface area contributed by atoms with E-state index in [1.165, 1.54) is 0 Å². The normalized spacial score (nSPS) is 35.2. The minimum Gasteiger partial charge on any atom is -0.364 e. The van der Waals surface area contributed by atoms with Gasteiger partial charge in [0.2, 0.25) is 0 Å². The zero-order valence-corrected chi connectivity index (χ0v) is 12.4. The highest BCUT2D eigenvalue weighted by atomic mass is 16.5. The molecule has 4 heteroatoms. The number of hydrogen-bond donors (Lipinski definition) is 0. The van der Waals surface area contributed by atoms with Crippen LogP contribution in [0.2, 0.25) is 0 Å². The highest BCUT2D eigenvalue weighted by Crippen LogP contribution is 2.51. The topological polar surface area (TPSA) is 38.8 Å². The first kappa shape index (κ1) is 13.7. The Hall–Kier alpha value is -1.91. The summed E-state index contributed by atoms with van der Waals surface area (Å²) >= 11 is 0. The van der Waals surface area contributed by atoms with E-state index < -0.39 is 6.10 Å². The van der Waals surface area contributed by atoms with Crippen molar-refractivity contribution in [3.63, 3.8) is 0 Å². The smallest absolute Gasteiger partial charge is 0.255 e. The third-order valence-corrected chi connectivity index (χ3v) is 4.85. The lowest BCUT2D eigenvalue weighted by atomic mass is 9.71. The van der Waals surface area contributed by atoms with Crippen LogP contribution in [0.15, 0.2) is 55.1 Å². The quantitative estimate of drug-likeness (QED) is 0.617. The van der Waals surface area contributed by atoms with Crippen molar-refractivity contribution in [2.75, 3.05) is 6.61 Å². The molecule has 3 aliphatic rings. The minimum absolute atomic E-state index is 0.0512. The summed E-state index contributed by atoms with van der Waals surface area (Å²) in [7, 11) is 0. The van der Waals surface area contributed by atoms with E-state index in [0.717, 1.165) is 12.0 Å². The number of fused-ring (bicyclic) bond motifs is 3. The van der Waals surface area contributed by atoms with Crippen LogP contribution in [-0.4, -0.2) is 41.3 Å². The maximum atomic E-state index is 12.6. The second-order valence-corrected chi connectivity index (χ2v) is 6.09. The van der Waals surface area contributed by atoms with Crippen molar-refractivity contribution < 1.29 is 14.3 Å². The van der Waals surface area contributed by atoms with Gasteiger partial charge in [-0.15, -0.1) is 6.58 Å². The van der Waals surface area contributed by atoms with Crippen molar-refractivity contribution in [2.45, 2.75) is 36.8 Å². The van der Waals surface area contributed by atoms with Crippen LogP contribution in [0.4, 0.5) is 0 Å². The summed E-state index contributed by atoms with van der Waals surface area (Å²) in [5, 5.41) is 0. The third kappa shape index (κ3) is 1.81. The van der Waals surface area contributed by atoms with E-state index in [9.17, 15) is 4.79 Å². The summed E-state index contributed by atoms with van der Waals surface area (Å²) in [4.78, 5) is 14.5. The van der Waals surface area contributed by atoms with Gasteiger partial charge in [-0.3, -0.25) is 4.79 Å². The molecule has 4 rings (SSSR count). The molecule has 114 valence electrons. The van der Waals surface area contributed by atoms with Crippen LogP contribution in [0, 0.1) is 0 Å². The van der Waals surface area contributed by atoms with Gasteiger partial charge in [-0.2, -0.15) is 0 Å². The second kappa shape index (κ2) is 5.07. The maximum Gasteiger partial charge on any atom is 0.255 e. The number of nitrogens with zero attached hydrogens (tertiary/aromatic N) is 1. The molecule has 0 N–H and O–H groups in total. The zero-order valence-electron chi connectivity index (χ0n) is 12.4. The SMILES string of the molecule is C=CCO[C@H]1C(=O)N(Cc2ccccc2)[C@]12C[C@@H]1C=C[C@H]2O1. The molecule has 3 aliphatic heterocycles. The number of hydrogen-bond acceptors (Lipinski definition) is 3. The first-order chi connectivity index (χ1) is 10.8. The fraction of sp³-hybridized carbons (Fsp3) is 0.389. The molecule has 1 aromatic rings. The number of carbonyl (C=O) groups excluding carboxylic acids is 1. The molecule has 0 aromatic heterocycles. The highest BCUT2D eigenvalue weighted by Gasteiger charge is 2.69. The summed E-state index contributed by atoms with van der Waals surface area (Å²) in [6, 6.07) is 10.1. The van der Waals surface area contributed by atoms with Crippen LogP contribution in [0.1, 0.15) is 12.0 Å². The molecule has 1 amide bonds. The molecule has 2 fully saturated rings. The van der Waals surface area contributed by atoms with E-state index in [1.807, 2.05) is 35.2 Å². The molecule has 3 heterocycles. The van der Waals surface area contributed by atoms with Gasteiger partial charge in [0.25, 0.3) is 5.91 Å². The van der Waals surface area contributed by atoms with Crippen LogP contribution in [0.3, 0.4) is 0 Å². The standard InChI is InChI=1S/C18H19NO3/c1-2-10-21-16-17(20)19(12-13-6-4-3-5-7-13)18(16)11-14-8-9-15(18)22-14/h2-9,14-16H,1,10-12H2/t14-,15+,16-,18-/m0/s1. The van der Waals surface area contributed by atoms with E-state index in [1.54, 1.807) is 6.08 Å². The number of amides is 1. The average Bonchev–Trinajstić information content (AvgIpc) is 3.16. The molecule has 0 saturated carbocycles. The number of β-lactam (4-membered cyclic amide) rings is 1. The predicted molar refractivity (Wildman–Crippen MR) is 82.1 cm³/mol. The molecule has 0 aliphatic carbocycles. The van der Waals surface area contributed by atoms with Gasteiger partial charge in [0.15, 0.2) is 6.10 Å². The summed E-state index contributed by atoms with van der Waals surface area (Å²) < 4.78 is 11.7. The third-order valence-electron chi connectivity index (χ3n) is 4.85. The van der Waals surface area contributed by atoms with Crippen molar-refractivity contribution in [3.05, 3.63) is 60.7 Å². The molecule has 1 spiro atoms. The van der Waals surface area contributed by atoms with Crippen molar-refractivity contribution in [1.82, 2.24) is 4.90 Å². The van der Waals surface area contributed by atoms with Crippen molar-refractivity contribution in [3.8, 4) is 0 Å². The van der Waals surface area contributed by atoms with Gasteiger partial charge in [0.05, 0.1) is 12.7 Å². The molecule has 2 bridgehead atoms. The van der Waals surface area contributed by atoms with Gasteiger partial charge in [-0.05, 0) is 5.56 Å². The average molecular weight is 297 g/mol. The number of rotatable bonds is 5. The Kier molecular flexibility index (Phi) is 3.17. The number of carbonyl (C=O) groups is 1. The zero-order chi connectivity index (χ0) is 15.2. The molecular weight excluding hydrogens is 278 g/mol. The molecule has 0 unspecified atom stereocenters. The van der Waals surface area contributed by atoms with E-state index >= 15 is 0 Å². The van der Waals surface area contributed by atoms with Crippen LogP contribution < -0.4 is 0 Å². The number of ether oxygens (including phenoxy) is 2. The molecular formula is C18H19NO3. The lowest BCUT2D eigenvalue weighted by Crippen LogP contribution is -2.77. The van der Waals surface area contributed by atoms with Crippen molar-refractivity contribution in [1.29, 1.82) is 0 Å². The highest BCUT2D eigenvalue weighted by molar-refractivity contribution is 5.91. The molecule has 4 atom stereocenters. The van der Waals surface area contributed by atoms with Crippen LogP contribution in [-0.2, 0) is 20.8 Å². The van der Waals surface area contributed by atoms with Gasteiger partial charge in [-0.1, -0.05) is 48.6 Å². The summed E-state index contributed by atoms with van der Waals surface area (Å²) in [5.74, 6) is 0.0512. The van der Waals surface area contributed by atoms with E-state index in [2.05, 4.69) is 18.7 Å². The first-order valence-electron chi connectivity index (χ1n) is 7.67. The Bertz CT molecular complexity index is 626. The van der Waals surface area contributed by atoms with Crippen molar-refractivity contribution >= 4 is 5.91 Å². The van der Waals surface area contributed by atoms with Gasteiger partial charge in [-0.25, -0.2) is 0 Å². The number of likely N-dealkylation sites (tertiary alicyclic amines) is 1. The predicted octanol–water partition coefficient (Wildman–Crippen LogP) is 2.07. The summed E-state index contributed by atoms with van der Waals surface area (Å²) in [6.07, 6.45) is 6.28.